The van der Waals surface area contributed by atoms with Crippen LogP contribution in [0.2, 0.25) is 0 Å². The zero-order chi connectivity index (χ0) is 21.5. The smallest absolute Gasteiger partial charge is 0.257 e. The molecule has 4 aromatic rings. The standard InChI is InChI=1S/C21H21FN8O/c1-12-8-29(9-13(2)26-12)17-4-3-15(18-19(17)24-6-5-23-18)21(31)27-14-7-16(22)20-28-25-11-30(20)10-14/h3-7,10-13,26H,8-9H2,1-2H3,(H,27,31)/t12-,13-/m1/s1. The zero-order valence-electron chi connectivity index (χ0n) is 17.1. The van der Waals surface area contributed by atoms with Gasteiger partial charge < -0.3 is 15.5 Å². The first-order chi connectivity index (χ1) is 15.0. The van der Waals surface area contributed by atoms with Gasteiger partial charge in [-0.3, -0.25) is 19.2 Å². The summed E-state index contributed by atoms with van der Waals surface area (Å²) in [6, 6.07) is 5.53. The topological polar surface area (TPSA) is 100 Å². The molecule has 10 heteroatoms. The van der Waals surface area contributed by atoms with Crippen LogP contribution in [0.3, 0.4) is 0 Å². The summed E-state index contributed by atoms with van der Waals surface area (Å²) in [5, 5.41) is 13.6. The van der Waals surface area contributed by atoms with Gasteiger partial charge in [-0.2, -0.15) is 0 Å². The van der Waals surface area contributed by atoms with Gasteiger partial charge in [0.2, 0.25) is 0 Å². The van der Waals surface area contributed by atoms with E-state index >= 15 is 0 Å². The van der Waals surface area contributed by atoms with Gasteiger partial charge in [-0.15, -0.1) is 10.2 Å². The Labute approximate surface area is 177 Å². The molecule has 2 N–H and O–H groups in total. The van der Waals surface area contributed by atoms with Crippen molar-refractivity contribution in [2.75, 3.05) is 23.3 Å². The molecule has 1 fully saturated rings. The van der Waals surface area contributed by atoms with Crippen LogP contribution >= 0.6 is 0 Å². The molecule has 0 spiro atoms. The largest absolute Gasteiger partial charge is 0.367 e. The van der Waals surface area contributed by atoms with Gasteiger partial charge in [0.1, 0.15) is 17.4 Å². The third kappa shape index (κ3) is 3.55. The number of piperazine rings is 1. The van der Waals surface area contributed by atoms with Crippen LogP contribution in [0.4, 0.5) is 15.8 Å². The van der Waals surface area contributed by atoms with Gasteiger partial charge in [0, 0.05) is 49.8 Å². The van der Waals surface area contributed by atoms with Crippen LogP contribution in [0, 0.1) is 5.82 Å². The minimum Gasteiger partial charge on any atom is -0.367 e. The second kappa shape index (κ2) is 7.55. The number of pyridine rings is 1. The molecule has 158 valence electrons. The Balaban J connectivity index is 1.50. The molecule has 0 aliphatic carbocycles. The van der Waals surface area contributed by atoms with Crippen molar-refractivity contribution in [3.8, 4) is 0 Å². The van der Waals surface area contributed by atoms with Crippen molar-refractivity contribution in [2.24, 2.45) is 0 Å². The van der Waals surface area contributed by atoms with Crippen molar-refractivity contribution in [3.05, 3.63) is 54.5 Å². The Hall–Kier alpha value is -3.66. The highest BCUT2D eigenvalue weighted by molar-refractivity contribution is 6.13. The Kier molecular flexibility index (Phi) is 4.70. The number of amides is 1. The van der Waals surface area contributed by atoms with Gasteiger partial charge in [-0.05, 0) is 26.0 Å². The van der Waals surface area contributed by atoms with Crippen molar-refractivity contribution < 1.29 is 9.18 Å². The number of nitrogens with one attached hydrogen (secondary N) is 2. The number of hydrogen-bond donors (Lipinski definition) is 2. The monoisotopic (exact) mass is 420 g/mol. The second-order valence-electron chi connectivity index (χ2n) is 7.85. The van der Waals surface area contributed by atoms with Gasteiger partial charge in [0.05, 0.1) is 16.9 Å². The summed E-state index contributed by atoms with van der Waals surface area (Å²) in [4.78, 5) is 24.3. The molecular formula is C21H21FN8O. The first-order valence-corrected chi connectivity index (χ1v) is 10.0. The minimum atomic E-state index is -0.572. The molecule has 1 aliphatic heterocycles. The number of carbonyl (C=O) groups is 1. The molecule has 4 heterocycles. The first-order valence-electron chi connectivity index (χ1n) is 10.0. The van der Waals surface area contributed by atoms with Crippen molar-refractivity contribution >= 4 is 34.0 Å². The number of rotatable bonds is 3. The van der Waals surface area contributed by atoms with E-state index in [0.717, 1.165) is 18.8 Å². The molecule has 1 aliphatic rings. The van der Waals surface area contributed by atoms with E-state index in [0.29, 0.717) is 34.4 Å². The number of anilines is 2. The lowest BCUT2D eigenvalue weighted by Crippen LogP contribution is -2.54. The zero-order valence-corrected chi connectivity index (χ0v) is 17.1. The third-order valence-electron chi connectivity index (χ3n) is 5.35. The lowest BCUT2D eigenvalue weighted by molar-refractivity contribution is 0.102. The van der Waals surface area contributed by atoms with Gasteiger partial charge >= 0.3 is 0 Å². The fraction of sp³-hybridized carbons (Fsp3) is 0.286. The maximum absolute atomic E-state index is 14.2. The summed E-state index contributed by atoms with van der Waals surface area (Å²) in [6.07, 6.45) is 6.12. The van der Waals surface area contributed by atoms with Crippen LogP contribution in [0.15, 0.2) is 43.1 Å². The van der Waals surface area contributed by atoms with Crippen molar-refractivity contribution in [2.45, 2.75) is 25.9 Å². The Morgan fingerprint density at radius 3 is 2.68 bits per heavy atom. The summed E-state index contributed by atoms with van der Waals surface area (Å²) < 4.78 is 15.6. The number of hydrogen-bond acceptors (Lipinski definition) is 7. The van der Waals surface area contributed by atoms with Gasteiger partial charge in [0.15, 0.2) is 11.5 Å². The molecule has 2 atom stereocenters. The molecule has 1 saturated heterocycles. The molecule has 1 amide bonds. The number of benzene rings is 1. The molecule has 9 nitrogen and oxygen atoms in total. The highest BCUT2D eigenvalue weighted by atomic mass is 19.1. The number of fused-ring (bicyclic) bond motifs is 2. The van der Waals surface area contributed by atoms with E-state index in [1.165, 1.54) is 16.8 Å². The summed E-state index contributed by atoms with van der Waals surface area (Å²) in [6.45, 7) is 5.95. The molecule has 0 saturated carbocycles. The van der Waals surface area contributed by atoms with Crippen LogP contribution in [-0.2, 0) is 0 Å². The summed E-state index contributed by atoms with van der Waals surface area (Å²) in [7, 11) is 0. The molecule has 5 rings (SSSR count). The van der Waals surface area contributed by atoms with E-state index < -0.39 is 11.7 Å². The fourth-order valence-electron chi connectivity index (χ4n) is 4.17. The predicted molar refractivity (Wildman–Crippen MR) is 115 cm³/mol. The third-order valence-corrected chi connectivity index (χ3v) is 5.35. The van der Waals surface area contributed by atoms with Crippen molar-refractivity contribution in [1.29, 1.82) is 0 Å². The maximum atomic E-state index is 14.2. The van der Waals surface area contributed by atoms with Crippen LogP contribution in [0.1, 0.15) is 24.2 Å². The van der Waals surface area contributed by atoms with Crippen molar-refractivity contribution in [3.63, 3.8) is 0 Å². The van der Waals surface area contributed by atoms with E-state index in [9.17, 15) is 9.18 Å². The summed E-state index contributed by atoms with van der Waals surface area (Å²) in [5.74, 6) is -0.969. The SMILES string of the molecule is C[C@@H]1CN(c2ccc(C(=O)Nc3cc(F)c4nncn4c3)c3nccnc23)C[C@@H](C)N1. The number of nitrogens with zero attached hydrogens (tertiary/aromatic N) is 6. The number of carbonyl (C=O) groups excluding carboxylic acids is 1. The fourth-order valence-corrected chi connectivity index (χ4v) is 4.17. The van der Waals surface area contributed by atoms with Crippen molar-refractivity contribution in [1.82, 2.24) is 29.9 Å². The first kappa shape index (κ1) is 19.3. The molecule has 1 aromatic carbocycles. The highest BCUT2D eigenvalue weighted by Gasteiger charge is 2.24. The van der Waals surface area contributed by atoms with E-state index in [1.807, 2.05) is 6.07 Å². The van der Waals surface area contributed by atoms with E-state index in [4.69, 9.17) is 0 Å². The van der Waals surface area contributed by atoms with E-state index in [-0.39, 0.29) is 5.65 Å². The van der Waals surface area contributed by atoms with Crippen LogP contribution in [0.5, 0.6) is 0 Å². The quantitative estimate of drug-likeness (QED) is 0.524. The Morgan fingerprint density at radius 1 is 1.16 bits per heavy atom. The van der Waals surface area contributed by atoms with Gasteiger partial charge in [-0.1, -0.05) is 0 Å². The Morgan fingerprint density at radius 2 is 1.90 bits per heavy atom. The molecule has 31 heavy (non-hydrogen) atoms. The summed E-state index contributed by atoms with van der Waals surface area (Å²) in [5.41, 5.74) is 2.86. The second-order valence-corrected chi connectivity index (χ2v) is 7.85. The normalized spacial score (nSPS) is 19.1. The lowest BCUT2D eigenvalue weighted by atomic mass is 10.1. The number of halogens is 1. The molecule has 0 bridgehead atoms. The predicted octanol–water partition coefficient (Wildman–Crippen LogP) is 2.25. The Bertz CT molecular complexity index is 1280. The maximum Gasteiger partial charge on any atom is 0.257 e. The number of aromatic nitrogens is 5. The molecule has 0 unspecified atom stereocenters. The van der Waals surface area contributed by atoms with Gasteiger partial charge in [-0.25, -0.2) is 4.39 Å². The average molecular weight is 420 g/mol. The lowest BCUT2D eigenvalue weighted by Gasteiger charge is -2.38. The van der Waals surface area contributed by atoms with Crippen LogP contribution in [0.25, 0.3) is 16.7 Å². The summed E-state index contributed by atoms with van der Waals surface area (Å²) >= 11 is 0. The minimum absolute atomic E-state index is 0.0955. The van der Waals surface area contributed by atoms with Crippen LogP contribution in [-0.4, -0.2) is 55.6 Å². The highest BCUT2D eigenvalue weighted by Crippen LogP contribution is 2.28. The molecule has 3 aromatic heterocycles. The van der Waals surface area contributed by atoms with Crippen LogP contribution < -0.4 is 15.5 Å². The van der Waals surface area contributed by atoms with E-state index in [2.05, 4.69) is 49.5 Å². The van der Waals surface area contributed by atoms with E-state index in [1.54, 1.807) is 24.7 Å². The average Bonchev–Trinajstić information content (AvgIpc) is 3.21. The van der Waals surface area contributed by atoms with Gasteiger partial charge in [0.25, 0.3) is 5.91 Å². The molecule has 0 radical (unpaired) electrons. The molecular weight excluding hydrogens is 399 g/mol.